The summed E-state index contributed by atoms with van der Waals surface area (Å²) in [5.74, 6) is 0.00781. The van der Waals surface area contributed by atoms with Gasteiger partial charge in [-0.05, 0) is 52.9 Å². The molecule has 1 aliphatic rings. The molecule has 3 aromatic carbocycles. The Hall–Kier alpha value is -3.53. The lowest BCUT2D eigenvalue weighted by Crippen LogP contribution is -2.38. The van der Waals surface area contributed by atoms with Crippen molar-refractivity contribution in [3.8, 4) is 16.9 Å². The van der Waals surface area contributed by atoms with E-state index in [2.05, 4.69) is 13.8 Å². The van der Waals surface area contributed by atoms with Gasteiger partial charge >= 0.3 is 12.1 Å². The summed E-state index contributed by atoms with van der Waals surface area (Å²) in [4.78, 5) is 8.96. The van der Waals surface area contributed by atoms with Gasteiger partial charge in [-0.3, -0.25) is 9.10 Å². The predicted molar refractivity (Wildman–Crippen MR) is 135 cm³/mol. The largest absolute Gasteiger partial charge is 0.489 e. The first-order valence-electron chi connectivity index (χ1n) is 11.6. The second-order valence-electron chi connectivity index (χ2n) is 8.66. The number of alkyl halides is 3. The highest BCUT2D eigenvalue weighted by Gasteiger charge is 2.34. The summed E-state index contributed by atoms with van der Waals surface area (Å²) in [7, 11) is -4.22. The summed E-state index contributed by atoms with van der Waals surface area (Å²) in [5.41, 5.74) is 2.17. The molecule has 0 aromatic heterocycles. The Morgan fingerprint density at radius 2 is 1.65 bits per heavy atom. The van der Waals surface area contributed by atoms with Crippen molar-refractivity contribution in [3.63, 3.8) is 0 Å². The van der Waals surface area contributed by atoms with Gasteiger partial charge in [0, 0.05) is 6.42 Å². The number of rotatable bonds is 5. The number of benzene rings is 3. The summed E-state index contributed by atoms with van der Waals surface area (Å²) in [5, 5.41) is 7.72. The Kier molecular flexibility index (Phi) is 8.53. The molecule has 0 saturated heterocycles. The topological polar surface area (TPSA) is 83.9 Å². The average Bonchev–Trinajstić information content (AvgIpc) is 2.88. The number of sulfonamides is 1. The summed E-state index contributed by atoms with van der Waals surface area (Å²) in [6.45, 7) is 5.90. The standard InChI is InChI=1S/C24H22F3NO3S.C3H6O2/c1-16(2)17-6-8-18(9-7-17)19-10-11-23-22(14-19)28(12-13-31-23)32(29,30)21-5-3-4-20(15-21)24(25,26)27;1-2-3(4)5/h3-11,14-16H,12-13H2,1-2H3;2H2,1H3,(H,4,5). The van der Waals surface area contributed by atoms with Crippen LogP contribution >= 0.6 is 0 Å². The molecule has 0 saturated carbocycles. The molecule has 10 heteroatoms. The molecule has 1 aliphatic heterocycles. The zero-order chi connectivity index (χ0) is 27.4. The highest BCUT2D eigenvalue weighted by atomic mass is 32.2. The first-order valence-corrected chi connectivity index (χ1v) is 13.1. The number of hydrogen-bond donors (Lipinski definition) is 1. The van der Waals surface area contributed by atoms with E-state index in [4.69, 9.17) is 9.84 Å². The molecule has 37 heavy (non-hydrogen) atoms. The third kappa shape index (κ3) is 6.62. The number of ether oxygens (including phenoxy) is 1. The molecule has 0 bridgehead atoms. The summed E-state index contributed by atoms with van der Waals surface area (Å²) in [6.07, 6.45) is -4.41. The molecule has 0 spiro atoms. The van der Waals surface area contributed by atoms with E-state index in [0.29, 0.717) is 23.4 Å². The molecule has 0 radical (unpaired) electrons. The van der Waals surface area contributed by atoms with E-state index in [1.165, 1.54) is 11.6 Å². The van der Waals surface area contributed by atoms with Crippen molar-refractivity contribution >= 4 is 21.7 Å². The minimum Gasteiger partial charge on any atom is -0.489 e. The van der Waals surface area contributed by atoms with Crippen LogP contribution in [0.3, 0.4) is 0 Å². The van der Waals surface area contributed by atoms with Crippen LogP contribution < -0.4 is 9.04 Å². The third-order valence-corrected chi connectivity index (χ3v) is 7.55. The Morgan fingerprint density at radius 3 is 2.22 bits per heavy atom. The van der Waals surface area contributed by atoms with Gasteiger partial charge in [0.2, 0.25) is 0 Å². The van der Waals surface area contributed by atoms with Gasteiger partial charge in [0.15, 0.2) is 0 Å². The smallest absolute Gasteiger partial charge is 0.416 e. The fraction of sp³-hybridized carbons (Fsp3) is 0.296. The maximum atomic E-state index is 13.3. The minimum atomic E-state index is -4.64. The fourth-order valence-corrected chi connectivity index (χ4v) is 5.14. The first kappa shape index (κ1) is 28.0. The molecule has 1 N–H and O–H groups in total. The number of halogens is 3. The van der Waals surface area contributed by atoms with Crippen molar-refractivity contribution < 1.29 is 36.2 Å². The predicted octanol–water partition coefficient (Wildman–Crippen LogP) is 6.56. The molecule has 0 unspecified atom stereocenters. The molecule has 198 valence electrons. The van der Waals surface area contributed by atoms with Crippen molar-refractivity contribution in [2.45, 2.75) is 44.2 Å². The minimum absolute atomic E-state index is 0.00131. The summed E-state index contributed by atoms with van der Waals surface area (Å²) < 4.78 is 72.7. The number of aliphatic carboxylic acids is 1. The van der Waals surface area contributed by atoms with Gasteiger partial charge in [-0.1, -0.05) is 57.2 Å². The van der Waals surface area contributed by atoms with Gasteiger partial charge in [-0.25, -0.2) is 8.42 Å². The average molecular weight is 536 g/mol. The summed E-state index contributed by atoms with van der Waals surface area (Å²) >= 11 is 0. The van der Waals surface area contributed by atoms with E-state index in [1.807, 2.05) is 30.3 Å². The van der Waals surface area contributed by atoms with Crippen molar-refractivity contribution in [1.82, 2.24) is 0 Å². The number of carboxylic acids is 1. The molecular formula is C27H28F3NO5S. The van der Waals surface area contributed by atoms with Crippen LogP contribution in [-0.4, -0.2) is 32.6 Å². The van der Waals surface area contributed by atoms with Crippen LogP contribution in [0.25, 0.3) is 11.1 Å². The molecule has 3 aromatic rings. The Bertz CT molecular complexity index is 1350. The van der Waals surface area contributed by atoms with Crippen LogP contribution in [0.2, 0.25) is 0 Å². The van der Waals surface area contributed by atoms with Crippen LogP contribution in [0.5, 0.6) is 5.75 Å². The van der Waals surface area contributed by atoms with E-state index in [9.17, 15) is 26.4 Å². The fourth-order valence-electron chi connectivity index (χ4n) is 3.64. The highest BCUT2D eigenvalue weighted by molar-refractivity contribution is 7.92. The van der Waals surface area contributed by atoms with Gasteiger partial charge in [-0.15, -0.1) is 0 Å². The maximum absolute atomic E-state index is 13.3. The Morgan fingerprint density at radius 1 is 1.03 bits per heavy atom. The van der Waals surface area contributed by atoms with Gasteiger partial charge in [0.1, 0.15) is 12.4 Å². The van der Waals surface area contributed by atoms with Gasteiger partial charge in [-0.2, -0.15) is 13.2 Å². The third-order valence-electron chi connectivity index (χ3n) is 5.74. The lowest BCUT2D eigenvalue weighted by atomic mass is 9.98. The monoisotopic (exact) mass is 535 g/mol. The van der Waals surface area contributed by atoms with Crippen molar-refractivity contribution in [2.24, 2.45) is 0 Å². The molecule has 0 amide bonds. The van der Waals surface area contributed by atoms with Crippen molar-refractivity contribution in [1.29, 1.82) is 0 Å². The van der Waals surface area contributed by atoms with Crippen LogP contribution in [0, 0.1) is 0 Å². The molecule has 0 fully saturated rings. The SMILES string of the molecule is CC(C)c1ccc(-c2ccc3c(c2)N(S(=O)(=O)c2cccc(C(F)(F)F)c2)CCO3)cc1.CCC(=O)O. The van der Waals surface area contributed by atoms with Crippen molar-refractivity contribution in [3.05, 3.63) is 77.9 Å². The number of anilines is 1. The first-order chi connectivity index (χ1) is 17.3. The van der Waals surface area contributed by atoms with Crippen LogP contribution in [0.4, 0.5) is 18.9 Å². The zero-order valence-electron chi connectivity index (χ0n) is 20.6. The van der Waals surface area contributed by atoms with Gasteiger partial charge in [0.05, 0.1) is 22.7 Å². The molecule has 6 nitrogen and oxygen atoms in total. The lowest BCUT2D eigenvalue weighted by molar-refractivity contribution is -0.138. The molecule has 1 heterocycles. The molecular weight excluding hydrogens is 507 g/mol. The normalized spacial score (nSPS) is 13.3. The molecule has 0 atom stereocenters. The number of carboxylic acid groups (broad SMARTS) is 1. The van der Waals surface area contributed by atoms with Crippen LogP contribution in [0.15, 0.2) is 71.6 Å². The number of fused-ring (bicyclic) bond motifs is 1. The van der Waals surface area contributed by atoms with Crippen LogP contribution in [-0.2, 0) is 21.0 Å². The number of nitrogens with zero attached hydrogens (tertiary/aromatic N) is 1. The lowest BCUT2D eigenvalue weighted by Gasteiger charge is -2.31. The van der Waals surface area contributed by atoms with Crippen molar-refractivity contribution in [2.75, 3.05) is 17.5 Å². The second-order valence-corrected chi connectivity index (χ2v) is 10.5. The van der Waals surface area contributed by atoms with E-state index in [0.717, 1.165) is 27.6 Å². The zero-order valence-corrected chi connectivity index (χ0v) is 21.4. The highest BCUT2D eigenvalue weighted by Crippen LogP contribution is 2.39. The number of hydrogen-bond acceptors (Lipinski definition) is 4. The van der Waals surface area contributed by atoms with Crippen LogP contribution in [0.1, 0.15) is 44.2 Å². The van der Waals surface area contributed by atoms with Gasteiger partial charge in [0.25, 0.3) is 10.0 Å². The summed E-state index contributed by atoms with van der Waals surface area (Å²) in [6, 6.07) is 17.0. The van der Waals surface area contributed by atoms with E-state index < -0.39 is 32.6 Å². The number of carbonyl (C=O) groups is 1. The quantitative estimate of drug-likeness (QED) is 0.400. The maximum Gasteiger partial charge on any atom is 0.416 e. The van der Waals surface area contributed by atoms with E-state index in [1.54, 1.807) is 19.1 Å². The second kappa shape index (κ2) is 11.2. The van der Waals surface area contributed by atoms with E-state index in [-0.39, 0.29) is 19.6 Å². The molecule has 0 aliphatic carbocycles. The molecule has 4 rings (SSSR count). The van der Waals surface area contributed by atoms with Gasteiger partial charge < -0.3 is 9.84 Å². The Labute approximate surface area is 214 Å². The Balaban J connectivity index is 0.000000695. The van der Waals surface area contributed by atoms with E-state index >= 15 is 0 Å².